The maximum Gasteiger partial charge on any atom is 0.191 e. The van der Waals surface area contributed by atoms with E-state index in [0.717, 1.165) is 36.3 Å². The van der Waals surface area contributed by atoms with Crippen LogP contribution in [0.2, 0.25) is 0 Å². The van der Waals surface area contributed by atoms with E-state index in [1.54, 1.807) is 11.8 Å². The molecule has 19 heavy (non-hydrogen) atoms. The van der Waals surface area contributed by atoms with Crippen molar-refractivity contribution in [3.05, 3.63) is 6.07 Å². The number of aromatic nitrogens is 2. The highest BCUT2D eigenvalue weighted by Gasteiger charge is 2.06. The zero-order valence-electron chi connectivity index (χ0n) is 12.5. The molecule has 0 radical (unpaired) electrons. The molecule has 0 aliphatic carbocycles. The Kier molecular flexibility index (Phi) is 7.63. The SMILES string of the molecule is CCCNc1cc(NCC(CC)CC)nc(SC)n1. The van der Waals surface area contributed by atoms with Crippen molar-refractivity contribution in [3.8, 4) is 0 Å². The molecule has 108 valence electrons. The molecule has 0 atom stereocenters. The van der Waals surface area contributed by atoms with E-state index in [1.165, 1.54) is 12.8 Å². The predicted octanol–water partition coefficient (Wildman–Crippen LogP) is 3.87. The van der Waals surface area contributed by atoms with Crippen LogP contribution in [-0.4, -0.2) is 29.3 Å². The van der Waals surface area contributed by atoms with Crippen molar-refractivity contribution >= 4 is 23.4 Å². The van der Waals surface area contributed by atoms with Gasteiger partial charge in [-0.3, -0.25) is 0 Å². The van der Waals surface area contributed by atoms with E-state index in [-0.39, 0.29) is 0 Å². The van der Waals surface area contributed by atoms with Crippen molar-refractivity contribution in [2.75, 3.05) is 30.0 Å². The summed E-state index contributed by atoms with van der Waals surface area (Å²) in [6.07, 6.45) is 5.49. The molecule has 0 amide bonds. The van der Waals surface area contributed by atoms with Crippen molar-refractivity contribution in [3.63, 3.8) is 0 Å². The number of nitrogens with zero attached hydrogens (tertiary/aromatic N) is 2. The van der Waals surface area contributed by atoms with Gasteiger partial charge in [0.2, 0.25) is 0 Å². The Labute approximate surface area is 121 Å². The zero-order chi connectivity index (χ0) is 14.1. The second-order valence-corrected chi connectivity index (χ2v) is 5.39. The summed E-state index contributed by atoms with van der Waals surface area (Å²) in [5.74, 6) is 2.54. The van der Waals surface area contributed by atoms with Crippen LogP contribution in [0.3, 0.4) is 0 Å². The Balaban J connectivity index is 2.70. The van der Waals surface area contributed by atoms with Gasteiger partial charge in [-0.25, -0.2) is 9.97 Å². The minimum Gasteiger partial charge on any atom is -0.370 e. The minimum absolute atomic E-state index is 0.708. The molecule has 0 spiro atoms. The van der Waals surface area contributed by atoms with E-state index in [0.29, 0.717) is 5.92 Å². The molecule has 0 aliphatic rings. The molecule has 5 heteroatoms. The Bertz CT molecular complexity index is 366. The smallest absolute Gasteiger partial charge is 0.191 e. The van der Waals surface area contributed by atoms with Crippen molar-refractivity contribution in [1.29, 1.82) is 0 Å². The van der Waals surface area contributed by atoms with Gasteiger partial charge in [-0.2, -0.15) is 0 Å². The normalized spacial score (nSPS) is 10.8. The van der Waals surface area contributed by atoms with Crippen LogP contribution in [0.25, 0.3) is 0 Å². The average Bonchev–Trinajstić information content (AvgIpc) is 2.46. The van der Waals surface area contributed by atoms with E-state index in [4.69, 9.17) is 0 Å². The molecule has 1 heterocycles. The monoisotopic (exact) mass is 282 g/mol. The number of hydrogen-bond donors (Lipinski definition) is 2. The Hall–Kier alpha value is -0.970. The molecule has 1 rings (SSSR count). The van der Waals surface area contributed by atoms with Crippen LogP contribution in [0, 0.1) is 5.92 Å². The average molecular weight is 282 g/mol. The number of nitrogens with one attached hydrogen (secondary N) is 2. The van der Waals surface area contributed by atoms with Crippen LogP contribution in [0.4, 0.5) is 11.6 Å². The predicted molar refractivity (Wildman–Crippen MR) is 85.2 cm³/mol. The summed E-state index contributed by atoms with van der Waals surface area (Å²) in [6.45, 7) is 8.53. The third kappa shape index (κ3) is 5.68. The first-order valence-corrected chi connectivity index (χ1v) is 8.36. The molecular weight excluding hydrogens is 256 g/mol. The van der Waals surface area contributed by atoms with Gasteiger partial charge in [0.25, 0.3) is 0 Å². The topological polar surface area (TPSA) is 49.8 Å². The summed E-state index contributed by atoms with van der Waals surface area (Å²) in [4.78, 5) is 8.96. The molecular formula is C14H26N4S. The van der Waals surface area contributed by atoms with Crippen molar-refractivity contribution in [2.45, 2.75) is 45.2 Å². The fourth-order valence-corrected chi connectivity index (χ4v) is 2.16. The first-order valence-electron chi connectivity index (χ1n) is 7.14. The van der Waals surface area contributed by atoms with Crippen LogP contribution in [-0.2, 0) is 0 Å². The highest BCUT2D eigenvalue weighted by atomic mass is 32.2. The fraction of sp³-hybridized carbons (Fsp3) is 0.714. The van der Waals surface area contributed by atoms with Gasteiger partial charge in [-0.1, -0.05) is 45.4 Å². The van der Waals surface area contributed by atoms with Gasteiger partial charge >= 0.3 is 0 Å². The maximum atomic E-state index is 4.50. The highest BCUT2D eigenvalue weighted by molar-refractivity contribution is 7.98. The van der Waals surface area contributed by atoms with Gasteiger partial charge in [-0.05, 0) is 18.6 Å². The third-order valence-corrected chi connectivity index (χ3v) is 3.72. The quantitative estimate of drug-likeness (QED) is 0.532. The molecule has 2 N–H and O–H groups in total. The van der Waals surface area contributed by atoms with Crippen molar-refractivity contribution in [2.24, 2.45) is 5.92 Å². The lowest BCUT2D eigenvalue weighted by Gasteiger charge is -2.15. The van der Waals surface area contributed by atoms with Gasteiger partial charge in [0.05, 0.1) is 0 Å². The van der Waals surface area contributed by atoms with Crippen LogP contribution < -0.4 is 10.6 Å². The summed E-state index contributed by atoms with van der Waals surface area (Å²) in [5.41, 5.74) is 0. The van der Waals surface area contributed by atoms with Crippen LogP contribution in [0.1, 0.15) is 40.0 Å². The van der Waals surface area contributed by atoms with Crippen molar-refractivity contribution < 1.29 is 0 Å². The van der Waals surface area contributed by atoms with Crippen molar-refractivity contribution in [1.82, 2.24) is 9.97 Å². The van der Waals surface area contributed by atoms with Crippen LogP contribution in [0.5, 0.6) is 0 Å². The maximum absolute atomic E-state index is 4.50. The van der Waals surface area contributed by atoms with Gasteiger partial charge in [0, 0.05) is 19.2 Å². The summed E-state index contributed by atoms with van der Waals surface area (Å²) in [7, 11) is 0. The molecule has 0 fully saturated rings. The zero-order valence-corrected chi connectivity index (χ0v) is 13.3. The Morgan fingerprint density at radius 3 is 2.26 bits per heavy atom. The Morgan fingerprint density at radius 1 is 1.11 bits per heavy atom. The number of thioether (sulfide) groups is 1. The van der Waals surface area contributed by atoms with Gasteiger partial charge in [-0.15, -0.1) is 0 Å². The number of hydrogen-bond acceptors (Lipinski definition) is 5. The van der Waals surface area contributed by atoms with Gasteiger partial charge < -0.3 is 10.6 Å². The largest absolute Gasteiger partial charge is 0.370 e. The molecule has 0 saturated heterocycles. The van der Waals surface area contributed by atoms with E-state index >= 15 is 0 Å². The van der Waals surface area contributed by atoms with Crippen LogP contribution >= 0.6 is 11.8 Å². The molecule has 1 aromatic heterocycles. The summed E-state index contributed by atoms with van der Waals surface area (Å²) < 4.78 is 0. The molecule has 0 aliphatic heterocycles. The molecule has 0 aromatic carbocycles. The second-order valence-electron chi connectivity index (χ2n) is 4.62. The summed E-state index contributed by atoms with van der Waals surface area (Å²) >= 11 is 1.57. The van der Waals surface area contributed by atoms with E-state index in [9.17, 15) is 0 Å². The highest BCUT2D eigenvalue weighted by Crippen LogP contribution is 2.18. The summed E-state index contributed by atoms with van der Waals surface area (Å²) in [5, 5.41) is 7.57. The minimum atomic E-state index is 0.708. The summed E-state index contributed by atoms with van der Waals surface area (Å²) in [6, 6.07) is 2.00. The molecule has 4 nitrogen and oxygen atoms in total. The molecule has 0 unspecified atom stereocenters. The fourth-order valence-electron chi connectivity index (χ4n) is 1.78. The van der Waals surface area contributed by atoms with Gasteiger partial charge in [0.15, 0.2) is 5.16 Å². The van der Waals surface area contributed by atoms with Crippen LogP contribution in [0.15, 0.2) is 11.2 Å². The lowest BCUT2D eigenvalue weighted by molar-refractivity contribution is 0.518. The first kappa shape index (κ1) is 16.1. The number of anilines is 2. The van der Waals surface area contributed by atoms with E-state index in [2.05, 4.69) is 41.4 Å². The molecule has 0 bridgehead atoms. The lowest BCUT2D eigenvalue weighted by atomic mass is 10.0. The number of rotatable bonds is 9. The van der Waals surface area contributed by atoms with E-state index < -0.39 is 0 Å². The second kappa shape index (κ2) is 9.02. The Morgan fingerprint density at radius 2 is 1.74 bits per heavy atom. The first-order chi connectivity index (χ1) is 9.23. The van der Waals surface area contributed by atoms with E-state index in [1.807, 2.05) is 12.3 Å². The standard InChI is InChI=1S/C14H26N4S/c1-5-8-15-12-9-13(18-14(17-12)19-4)16-10-11(6-2)7-3/h9,11H,5-8,10H2,1-4H3,(H2,15,16,17,18). The molecule has 1 aromatic rings. The molecule has 0 saturated carbocycles. The lowest BCUT2D eigenvalue weighted by Crippen LogP contribution is -2.14. The van der Waals surface area contributed by atoms with Gasteiger partial charge in [0.1, 0.15) is 11.6 Å². The third-order valence-electron chi connectivity index (χ3n) is 3.17.